The van der Waals surface area contributed by atoms with Crippen LogP contribution in [-0.4, -0.2) is 24.1 Å². The standard InChI is InChI=1S/C24H34O4/c1-2-21(18-12-6-3-7-13-18)22(23(25)27-19-14-8-4-9-15-19)24(26)28-20-16-10-5-11-17-20/h3,6-7,12-13,19-22H,2,4-5,8-11,14-17H2,1H3. The van der Waals surface area contributed by atoms with E-state index in [2.05, 4.69) is 0 Å². The summed E-state index contributed by atoms with van der Waals surface area (Å²) in [5.74, 6) is -1.89. The zero-order chi connectivity index (χ0) is 19.8. The van der Waals surface area contributed by atoms with Crippen LogP contribution >= 0.6 is 0 Å². The maximum absolute atomic E-state index is 13.1. The van der Waals surface area contributed by atoms with Crippen molar-refractivity contribution in [1.29, 1.82) is 0 Å². The van der Waals surface area contributed by atoms with E-state index in [1.165, 1.54) is 12.8 Å². The summed E-state index contributed by atoms with van der Waals surface area (Å²) in [6.45, 7) is 2.02. The number of rotatable bonds is 7. The van der Waals surface area contributed by atoms with Gasteiger partial charge in [0.15, 0.2) is 5.92 Å². The lowest BCUT2D eigenvalue weighted by atomic mass is 9.83. The van der Waals surface area contributed by atoms with Crippen LogP contribution in [0.3, 0.4) is 0 Å². The third-order valence-electron chi connectivity index (χ3n) is 6.25. The highest BCUT2D eigenvalue weighted by Crippen LogP contribution is 2.33. The molecule has 0 bridgehead atoms. The summed E-state index contributed by atoms with van der Waals surface area (Å²) in [5.41, 5.74) is 0.996. The first-order valence-corrected chi connectivity index (χ1v) is 11.1. The van der Waals surface area contributed by atoms with E-state index in [4.69, 9.17) is 9.47 Å². The van der Waals surface area contributed by atoms with Crippen molar-refractivity contribution in [1.82, 2.24) is 0 Å². The fourth-order valence-corrected chi connectivity index (χ4v) is 4.63. The molecule has 0 amide bonds. The Morgan fingerprint density at radius 2 is 1.29 bits per heavy atom. The first-order chi connectivity index (χ1) is 13.7. The summed E-state index contributed by atoms with van der Waals surface area (Å²) < 4.78 is 11.7. The Balaban J connectivity index is 1.77. The fourth-order valence-electron chi connectivity index (χ4n) is 4.63. The molecule has 0 aliphatic heterocycles. The maximum Gasteiger partial charge on any atom is 0.321 e. The molecule has 0 aromatic heterocycles. The van der Waals surface area contributed by atoms with Crippen LogP contribution in [0.5, 0.6) is 0 Å². The molecule has 3 rings (SSSR count). The molecule has 4 nitrogen and oxygen atoms in total. The van der Waals surface area contributed by atoms with Crippen LogP contribution in [0.2, 0.25) is 0 Å². The van der Waals surface area contributed by atoms with Gasteiger partial charge >= 0.3 is 11.9 Å². The normalized spacial score (nSPS) is 19.9. The Morgan fingerprint density at radius 1 is 0.821 bits per heavy atom. The van der Waals surface area contributed by atoms with E-state index in [1.54, 1.807) is 0 Å². The molecule has 2 aliphatic carbocycles. The van der Waals surface area contributed by atoms with Gasteiger partial charge in [-0.3, -0.25) is 9.59 Å². The number of benzene rings is 1. The molecule has 2 saturated carbocycles. The van der Waals surface area contributed by atoms with Crippen LogP contribution in [0.4, 0.5) is 0 Å². The summed E-state index contributed by atoms with van der Waals surface area (Å²) in [6.07, 6.45) is 10.9. The van der Waals surface area contributed by atoms with E-state index in [9.17, 15) is 9.59 Å². The molecular weight excluding hydrogens is 352 g/mol. The number of hydrogen-bond acceptors (Lipinski definition) is 4. The average molecular weight is 387 g/mol. The number of carbonyl (C=O) groups excluding carboxylic acids is 2. The van der Waals surface area contributed by atoms with Gasteiger partial charge in [-0.25, -0.2) is 0 Å². The monoisotopic (exact) mass is 386 g/mol. The van der Waals surface area contributed by atoms with Gasteiger partial charge in [0.2, 0.25) is 0 Å². The number of esters is 2. The smallest absolute Gasteiger partial charge is 0.321 e. The lowest BCUT2D eigenvalue weighted by molar-refractivity contribution is -0.171. The second-order valence-corrected chi connectivity index (χ2v) is 8.30. The highest BCUT2D eigenvalue weighted by Gasteiger charge is 2.40. The van der Waals surface area contributed by atoms with Crippen LogP contribution in [0.15, 0.2) is 30.3 Å². The molecule has 1 atom stereocenters. The molecule has 0 N–H and O–H groups in total. The Labute approximate surface area is 169 Å². The predicted molar refractivity (Wildman–Crippen MR) is 109 cm³/mol. The molecule has 154 valence electrons. The predicted octanol–water partition coefficient (Wildman–Crippen LogP) is 5.55. The summed E-state index contributed by atoms with van der Waals surface area (Å²) >= 11 is 0. The maximum atomic E-state index is 13.1. The second-order valence-electron chi connectivity index (χ2n) is 8.30. The molecular formula is C24H34O4. The third kappa shape index (κ3) is 5.59. The molecule has 0 heterocycles. The van der Waals surface area contributed by atoms with Gasteiger partial charge in [0.1, 0.15) is 12.2 Å². The zero-order valence-electron chi connectivity index (χ0n) is 17.1. The van der Waals surface area contributed by atoms with Gasteiger partial charge in [0.25, 0.3) is 0 Å². The lowest BCUT2D eigenvalue weighted by Gasteiger charge is -2.30. The first kappa shape index (κ1) is 20.9. The fraction of sp³-hybridized carbons (Fsp3) is 0.667. The molecule has 2 aliphatic rings. The van der Waals surface area contributed by atoms with Crippen molar-refractivity contribution in [3.8, 4) is 0 Å². The van der Waals surface area contributed by atoms with E-state index >= 15 is 0 Å². The van der Waals surface area contributed by atoms with Gasteiger partial charge in [0.05, 0.1) is 0 Å². The lowest BCUT2D eigenvalue weighted by Crippen LogP contribution is -2.37. The van der Waals surface area contributed by atoms with Gasteiger partial charge in [-0.1, -0.05) is 50.1 Å². The molecule has 0 radical (unpaired) electrons. The Bertz CT molecular complexity index is 583. The van der Waals surface area contributed by atoms with E-state index in [-0.39, 0.29) is 18.1 Å². The van der Waals surface area contributed by atoms with Crippen molar-refractivity contribution in [2.75, 3.05) is 0 Å². The van der Waals surface area contributed by atoms with E-state index in [0.29, 0.717) is 6.42 Å². The van der Waals surface area contributed by atoms with E-state index in [1.807, 2.05) is 37.3 Å². The zero-order valence-corrected chi connectivity index (χ0v) is 17.1. The Kier molecular flexibility index (Phi) is 7.93. The van der Waals surface area contributed by atoms with Crippen molar-refractivity contribution >= 4 is 11.9 Å². The number of hydrogen-bond donors (Lipinski definition) is 0. The molecule has 4 heteroatoms. The van der Waals surface area contributed by atoms with Gasteiger partial charge in [-0.15, -0.1) is 0 Å². The van der Waals surface area contributed by atoms with Crippen LogP contribution in [0.1, 0.15) is 89.0 Å². The SMILES string of the molecule is CCC(c1ccccc1)C(C(=O)OC1CCCCC1)C(=O)OC1CCCCC1. The topological polar surface area (TPSA) is 52.6 Å². The highest BCUT2D eigenvalue weighted by molar-refractivity contribution is 5.96. The summed E-state index contributed by atoms with van der Waals surface area (Å²) in [7, 11) is 0. The van der Waals surface area contributed by atoms with Gasteiger partial charge in [0, 0.05) is 5.92 Å². The summed E-state index contributed by atoms with van der Waals surface area (Å²) in [6, 6.07) is 9.83. The molecule has 0 saturated heterocycles. The van der Waals surface area contributed by atoms with Gasteiger partial charge < -0.3 is 9.47 Å². The van der Waals surface area contributed by atoms with Crippen molar-refractivity contribution in [3.05, 3.63) is 35.9 Å². The summed E-state index contributed by atoms with van der Waals surface area (Å²) in [4.78, 5) is 26.3. The minimum atomic E-state index is -0.878. The second kappa shape index (κ2) is 10.6. The minimum Gasteiger partial charge on any atom is -0.462 e. The van der Waals surface area contributed by atoms with Crippen LogP contribution < -0.4 is 0 Å². The van der Waals surface area contributed by atoms with Gasteiger partial charge in [-0.05, 0) is 63.4 Å². The average Bonchev–Trinajstić information content (AvgIpc) is 2.73. The number of ether oxygens (including phenoxy) is 2. The van der Waals surface area contributed by atoms with Crippen LogP contribution in [0, 0.1) is 5.92 Å². The largest absolute Gasteiger partial charge is 0.462 e. The Hall–Kier alpha value is -1.84. The minimum absolute atomic E-state index is 0.0560. The molecule has 2 fully saturated rings. The van der Waals surface area contributed by atoms with Crippen LogP contribution in [-0.2, 0) is 19.1 Å². The molecule has 1 aromatic rings. The van der Waals surface area contributed by atoms with Crippen LogP contribution in [0.25, 0.3) is 0 Å². The van der Waals surface area contributed by atoms with E-state index < -0.39 is 17.9 Å². The first-order valence-electron chi connectivity index (χ1n) is 11.1. The molecule has 0 spiro atoms. The van der Waals surface area contributed by atoms with Crippen molar-refractivity contribution < 1.29 is 19.1 Å². The number of carbonyl (C=O) groups is 2. The Morgan fingerprint density at radius 3 is 1.71 bits per heavy atom. The molecule has 28 heavy (non-hydrogen) atoms. The third-order valence-corrected chi connectivity index (χ3v) is 6.25. The van der Waals surface area contributed by atoms with Crippen molar-refractivity contribution in [3.63, 3.8) is 0 Å². The molecule has 1 aromatic carbocycles. The quantitative estimate of drug-likeness (QED) is 0.455. The van der Waals surface area contributed by atoms with Crippen molar-refractivity contribution in [2.24, 2.45) is 5.92 Å². The molecule has 1 unspecified atom stereocenters. The van der Waals surface area contributed by atoms with E-state index in [0.717, 1.165) is 56.9 Å². The van der Waals surface area contributed by atoms with Crippen molar-refractivity contribution in [2.45, 2.75) is 95.7 Å². The van der Waals surface area contributed by atoms with Gasteiger partial charge in [-0.2, -0.15) is 0 Å². The highest BCUT2D eigenvalue weighted by atomic mass is 16.6. The summed E-state index contributed by atoms with van der Waals surface area (Å²) in [5, 5.41) is 0.